The van der Waals surface area contributed by atoms with Gasteiger partial charge in [-0.3, -0.25) is 9.10 Å². The number of carbonyl (C=O) groups excluding carboxylic acids is 1. The van der Waals surface area contributed by atoms with Crippen molar-refractivity contribution in [2.24, 2.45) is 5.92 Å². The van der Waals surface area contributed by atoms with Crippen molar-refractivity contribution in [1.82, 2.24) is 15.0 Å². The zero-order chi connectivity index (χ0) is 26.7. The van der Waals surface area contributed by atoms with Crippen molar-refractivity contribution >= 4 is 50.6 Å². The van der Waals surface area contributed by atoms with Gasteiger partial charge in [-0.25, -0.2) is 18.4 Å². The lowest BCUT2D eigenvalue weighted by Gasteiger charge is -2.38. The lowest BCUT2D eigenvalue weighted by Crippen LogP contribution is -2.47. The minimum Gasteiger partial charge on any atom is -0.366 e. The van der Waals surface area contributed by atoms with Gasteiger partial charge in [0.15, 0.2) is 0 Å². The third-order valence-corrected chi connectivity index (χ3v) is 7.72. The zero-order valence-corrected chi connectivity index (χ0v) is 22.4. The molecular formula is C26H32N8O3S. The lowest BCUT2D eigenvalue weighted by molar-refractivity contribution is -0.114. The number of hydrogen-bond donors (Lipinski definition) is 2. The predicted octanol–water partition coefficient (Wildman–Crippen LogP) is 3.08. The van der Waals surface area contributed by atoms with E-state index in [1.54, 1.807) is 4.31 Å². The second-order valence-corrected chi connectivity index (χ2v) is 11.6. The number of sulfonamides is 1. The van der Waals surface area contributed by atoms with Crippen molar-refractivity contribution in [3.8, 4) is 0 Å². The zero-order valence-electron chi connectivity index (χ0n) is 21.5. The number of nitrogens with zero attached hydrogens (tertiary/aromatic N) is 6. The van der Waals surface area contributed by atoms with Crippen molar-refractivity contribution < 1.29 is 13.2 Å². The predicted molar refractivity (Wildman–Crippen MR) is 150 cm³/mol. The summed E-state index contributed by atoms with van der Waals surface area (Å²) >= 11 is 0. The summed E-state index contributed by atoms with van der Waals surface area (Å²) in [5.41, 5.74) is 3.09. The second-order valence-electron chi connectivity index (χ2n) is 9.70. The smallest absolute Gasteiger partial charge is 0.232 e. The molecule has 2 aliphatic rings. The van der Waals surface area contributed by atoms with E-state index in [-0.39, 0.29) is 5.91 Å². The molecule has 0 radical (unpaired) electrons. The van der Waals surface area contributed by atoms with Gasteiger partial charge in [0.05, 0.1) is 17.6 Å². The molecular weight excluding hydrogens is 504 g/mol. The first-order chi connectivity index (χ1) is 18.3. The SMILES string of the molecule is CC(=O)Nc1cccc(Nc2ncnc(N3CCN(c4ccccc4N(CC4CC4)S(C)(=O)=O)CC3)n2)c1. The van der Waals surface area contributed by atoms with Crippen LogP contribution in [0.15, 0.2) is 54.9 Å². The number of rotatable bonds is 9. The molecule has 1 saturated heterocycles. The Labute approximate surface area is 223 Å². The van der Waals surface area contributed by atoms with Gasteiger partial charge in [0.2, 0.25) is 27.8 Å². The summed E-state index contributed by atoms with van der Waals surface area (Å²) in [7, 11) is -3.39. The highest BCUT2D eigenvalue weighted by atomic mass is 32.2. The monoisotopic (exact) mass is 536 g/mol. The first-order valence-corrected chi connectivity index (χ1v) is 14.5. The maximum atomic E-state index is 12.6. The number of piperazine rings is 1. The van der Waals surface area contributed by atoms with Crippen LogP contribution < -0.4 is 24.7 Å². The number of para-hydroxylation sites is 2. The molecule has 0 bridgehead atoms. The maximum absolute atomic E-state index is 12.6. The standard InChI is InChI=1S/C26H32N8O3S/c1-19(35)29-21-6-5-7-22(16-21)30-25-27-18-28-26(31-25)33-14-12-32(13-15-33)23-8-3-4-9-24(23)34(38(2,36)37)17-20-10-11-20/h3-9,16,18,20H,10-15,17H2,1-2H3,(H,29,35)(H,27,28,30,31). The highest BCUT2D eigenvalue weighted by molar-refractivity contribution is 7.92. The Kier molecular flexibility index (Phi) is 7.32. The summed E-state index contributed by atoms with van der Waals surface area (Å²) in [4.78, 5) is 28.9. The molecule has 11 nitrogen and oxygen atoms in total. The average Bonchev–Trinajstić information content (AvgIpc) is 3.71. The largest absolute Gasteiger partial charge is 0.366 e. The first-order valence-electron chi connectivity index (χ1n) is 12.7. The summed E-state index contributed by atoms with van der Waals surface area (Å²) < 4.78 is 26.9. The molecule has 38 heavy (non-hydrogen) atoms. The third-order valence-electron chi connectivity index (χ3n) is 6.57. The first kappa shape index (κ1) is 25.7. The van der Waals surface area contributed by atoms with E-state index in [0.29, 0.717) is 56.2 Å². The van der Waals surface area contributed by atoms with E-state index >= 15 is 0 Å². The number of benzene rings is 2. The van der Waals surface area contributed by atoms with Gasteiger partial charge in [-0.2, -0.15) is 4.98 Å². The molecule has 2 heterocycles. The number of anilines is 6. The Morgan fingerprint density at radius 3 is 2.42 bits per heavy atom. The van der Waals surface area contributed by atoms with Crippen molar-refractivity contribution in [2.75, 3.05) is 63.7 Å². The number of hydrogen-bond acceptors (Lipinski definition) is 9. The van der Waals surface area contributed by atoms with E-state index in [1.807, 2.05) is 48.5 Å². The van der Waals surface area contributed by atoms with E-state index in [0.717, 1.165) is 29.9 Å². The Balaban J connectivity index is 1.27. The van der Waals surface area contributed by atoms with Crippen molar-refractivity contribution in [1.29, 1.82) is 0 Å². The molecule has 0 spiro atoms. The summed E-state index contributed by atoms with van der Waals surface area (Å²) in [6.45, 7) is 4.75. The van der Waals surface area contributed by atoms with E-state index in [1.165, 1.54) is 19.5 Å². The fourth-order valence-corrected chi connectivity index (χ4v) is 5.54. The van der Waals surface area contributed by atoms with Crippen LogP contribution in [0.2, 0.25) is 0 Å². The number of carbonyl (C=O) groups is 1. The molecule has 2 N–H and O–H groups in total. The topological polar surface area (TPSA) is 124 Å². The van der Waals surface area contributed by atoms with Crippen LogP contribution in [0.5, 0.6) is 0 Å². The summed E-state index contributed by atoms with van der Waals surface area (Å²) in [5.74, 6) is 1.28. The molecule has 1 aliphatic carbocycles. The third kappa shape index (κ3) is 6.31. The molecule has 1 aromatic heterocycles. The van der Waals surface area contributed by atoms with Crippen molar-refractivity contribution in [2.45, 2.75) is 19.8 Å². The van der Waals surface area contributed by atoms with Gasteiger partial charge in [0.25, 0.3) is 0 Å². The van der Waals surface area contributed by atoms with Crippen LogP contribution in [0.25, 0.3) is 0 Å². The number of aromatic nitrogens is 3. The molecule has 1 saturated carbocycles. The average molecular weight is 537 g/mol. The van der Waals surface area contributed by atoms with Crippen LogP contribution in [-0.4, -0.2) is 68.3 Å². The van der Waals surface area contributed by atoms with Crippen LogP contribution in [0.3, 0.4) is 0 Å². The van der Waals surface area contributed by atoms with E-state index in [4.69, 9.17) is 0 Å². The van der Waals surface area contributed by atoms with Crippen LogP contribution in [-0.2, 0) is 14.8 Å². The van der Waals surface area contributed by atoms with Crippen LogP contribution in [0.1, 0.15) is 19.8 Å². The fourth-order valence-electron chi connectivity index (χ4n) is 4.54. The van der Waals surface area contributed by atoms with E-state index < -0.39 is 10.0 Å². The summed E-state index contributed by atoms with van der Waals surface area (Å²) in [5, 5.41) is 5.93. The highest BCUT2D eigenvalue weighted by Crippen LogP contribution is 2.37. The highest BCUT2D eigenvalue weighted by Gasteiger charge is 2.31. The Morgan fingerprint density at radius 2 is 1.71 bits per heavy atom. The van der Waals surface area contributed by atoms with Gasteiger partial charge < -0.3 is 20.4 Å². The van der Waals surface area contributed by atoms with Crippen molar-refractivity contribution in [3.05, 3.63) is 54.9 Å². The normalized spacial score (nSPS) is 15.7. The molecule has 0 atom stereocenters. The second kappa shape index (κ2) is 10.8. The molecule has 200 valence electrons. The Bertz CT molecular complexity index is 1400. The summed E-state index contributed by atoms with van der Waals surface area (Å²) in [6.07, 6.45) is 4.92. The maximum Gasteiger partial charge on any atom is 0.232 e. The Morgan fingerprint density at radius 1 is 1.00 bits per heavy atom. The molecule has 12 heteroatoms. The minimum atomic E-state index is -3.39. The van der Waals surface area contributed by atoms with Gasteiger partial charge in [-0.1, -0.05) is 18.2 Å². The molecule has 0 unspecified atom stereocenters. The van der Waals surface area contributed by atoms with E-state index in [2.05, 4.69) is 35.4 Å². The number of nitrogens with one attached hydrogen (secondary N) is 2. The van der Waals surface area contributed by atoms with Crippen LogP contribution in [0.4, 0.5) is 34.6 Å². The number of amides is 1. The molecule has 2 aromatic carbocycles. The molecule has 3 aromatic rings. The Hall–Kier alpha value is -3.93. The van der Waals surface area contributed by atoms with Crippen LogP contribution in [0, 0.1) is 5.92 Å². The van der Waals surface area contributed by atoms with Crippen molar-refractivity contribution in [3.63, 3.8) is 0 Å². The molecule has 5 rings (SSSR count). The van der Waals surface area contributed by atoms with Gasteiger partial charge in [-0.15, -0.1) is 0 Å². The lowest BCUT2D eigenvalue weighted by atomic mass is 10.2. The fraction of sp³-hybridized carbons (Fsp3) is 0.385. The molecule has 2 fully saturated rings. The van der Waals surface area contributed by atoms with Gasteiger partial charge in [-0.05, 0) is 49.1 Å². The molecule has 1 amide bonds. The minimum absolute atomic E-state index is 0.140. The quantitative estimate of drug-likeness (QED) is 0.425. The van der Waals surface area contributed by atoms with Gasteiger partial charge in [0, 0.05) is 51.0 Å². The summed E-state index contributed by atoms with van der Waals surface area (Å²) in [6, 6.07) is 15.1. The van der Waals surface area contributed by atoms with Gasteiger partial charge in [0.1, 0.15) is 6.33 Å². The molecule has 1 aliphatic heterocycles. The van der Waals surface area contributed by atoms with Crippen LogP contribution >= 0.6 is 0 Å². The van der Waals surface area contributed by atoms with Gasteiger partial charge >= 0.3 is 0 Å². The van der Waals surface area contributed by atoms with E-state index in [9.17, 15) is 13.2 Å².